The van der Waals surface area contributed by atoms with Crippen LogP contribution in [-0.2, 0) is 25.6 Å². The van der Waals surface area contributed by atoms with Crippen molar-refractivity contribution >= 4 is 29.6 Å². The first kappa shape index (κ1) is 27.5. The Morgan fingerprint density at radius 1 is 1.06 bits per heavy atom. The molecule has 0 saturated heterocycles. The van der Waals surface area contributed by atoms with Crippen LogP contribution in [0.3, 0.4) is 0 Å². The van der Waals surface area contributed by atoms with Crippen LogP contribution in [0.15, 0.2) is 24.5 Å². The van der Waals surface area contributed by atoms with Crippen LogP contribution in [0.5, 0.6) is 0 Å². The molecule has 0 saturated carbocycles. The molecule has 4 amide bonds. The van der Waals surface area contributed by atoms with Gasteiger partial charge in [0.2, 0.25) is 17.6 Å². The van der Waals surface area contributed by atoms with Gasteiger partial charge in [0.1, 0.15) is 12.1 Å². The summed E-state index contributed by atoms with van der Waals surface area (Å²) < 4.78 is 0. The Labute approximate surface area is 192 Å². The van der Waals surface area contributed by atoms with Crippen LogP contribution in [-0.4, -0.2) is 57.8 Å². The van der Waals surface area contributed by atoms with Gasteiger partial charge in [-0.2, -0.15) is 0 Å². The number of Topliss-reactive ketones (excluding diaryl/α,β-unsaturated/α-hetero) is 1. The molecule has 0 fully saturated rings. The summed E-state index contributed by atoms with van der Waals surface area (Å²) >= 11 is 0. The molecule has 4 unspecified atom stereocenters. The molecule has 0 aliphatic heterocycles. The summed E-state index contributed by atoms with van der Waals surface area (Å²) in [6, 6.07) is -0.0911. The first-order valence-corrected chi connectivity index (χ1v) is 10.8. The van der Waals surface area contributed by atoms with E-state index in [9.17, 15) is 24.0 Å². The average molecular weight is 464 g/mol. The first-order valence-electron chi connectivity index (χ1n) is 10.8. The van der Waals surface area contributed by atoms with E-state index in [1.165, 1.54) is 6.20 Å². The zero-order valence-electron chi connectivity index (χ0n) is 19.3. The Bertz CT molecular complexity index is 845. The molecular formula is C22H33N5O6. The Morgan fingerprint density at radius 2 is 1.73 bits per heavy atom. The first-order chi connectivity index (χ1) is 15.5. The molecule has 0 spiro atoms. The Hall–Kier alpha value is -3.50. The molecule has 0 aliphatic rings. The molecule has 0 aromatic carbocycles. The minimum atomic E-state index is -1.38. The summed E-state index contributed by atoms with van der Waals surface area (Å²) in [6.45, 7) is 7.10. The van der Waals surface area contributed by atoms with Crippen LogP contribution in [0.2, 0.25) is 0 Å². The Kier molecular flexibility index (Phi) is 11.0. The highest BCUT2D eigenvalue weighted by Gasteiger charge is 2.34. The van der Waals surface area contributed by atoms with Crippen LogP contribution < -0.4 is 21.7 Å². The van der Waals surface area contributed by atoms with Crippen LogP contribution in [0.1, 0.15) is 46.1 Å². The number of nitrogens with two attached hydrogens (primary N) is 1. The number of carbonyl (C=O) groups excluding carboxylic acids is 4. The van der Waals surface area contributed by atoms with E-state index in [-0.39, 0.29) is 18.8 Å². The van der Waals surface area contributed by atoms with Crippen molar-refractivity contribution in [3.63, 3.8) is 0 Å². The van der Waals surface area contributed by atoms with Gasteiger partial charge in [-0.1, -0.05) is 40.2 Å². The molecule has 1 rings (SSSR count). The third-order valence-electron chi connectivity index (χ3n) is 5.15. The second-order valence-corrected chi connectivity index (χ2v) is 8.36. The SMILES string of the molecule is CCC(C)C(NC(=O)C(CC(C)C)NC(=O)O)C(=O)C(=O)NC(Cc1cccnc1)C(N)=O. The Balaban J connectivity index is 2.99. The number of nitrogens with one attached hydrogen (secondary N) is 3. The maximum Gasteiger partial charge on any atom is 0.405 e. The summed E-state index contributed by atoms with van der Waals surface area (Å²) in [5.41, 5.74) is 6.03. The van der Waals surface area contributed by atoms with E-state index in [1.54, 1.807) is 32.2 Å². The molecule has 11 nitrogen and oxygen atoms in total. The number of pyridine rings is 1. The van der Waals surface area contributed by atoms with Crippen molar-refractivity contribution in [2.24, 2.45) is 17.6 Å². The van der Waals surface area contributed by atoms with Crippen molar-refractivity contribution in [1.29, 1.82) is 0 Å². The molecule has 1 aromatic heterocycles. The lowest BCUT2D eigenvalue weighted by atomic mass is 9.93. The van der Waals surface area contributed by atoms with Crippen LogP contribution in [0, 0.1) is 11.8 Å². The highest BCUT2D eigenvalue weighted by molar-refractivity contribution is 6.38. The molecule has 0 bridgehead atoms. The van der Waals surface area contributed by atoms with Gasteiger partial charge in [0, 0.05) is 18.8 Å². The summed E-state index contributed by atoms with van der Waals surface area (Å²) in [5.74, 6) is -3.99. The molecule has 11 heteroatoms. The molecular weight excluding hydrogens is 430 g/mol. The van der Waals surface area contributed by atoms with E-state index in [4.69, 9.17) is 10.8 Å². The molecule has 0 radical (unpaired) electrons. The summed E-state index contributed by atoms with van der Waals surface area (Å²) in [6.07, 6.45) is 2.40. The number of ketones is 1. The number of carbonyl (C=O) groups is 5. The molecule has 1 aromatic rings. The van der Waals surface area contributed by atoms with Gasteiger partial charge < -0.3 is 26.8 Å². The maximum atomic E-state index is 12.9. The predicted octanol–water partition coefficient (Wildman–Crippen LogP) is 0.377. The highest BCUT2D eigenvalue weighted by atomic mass is 16.4. The van der Waals surface area contributed by atoms with Crippen LogP contribution in [0.4, 0.5) is 4.79 Å². The summed E-state index contributed by atoms with van der Waals surface area (Å²) in [4.78, 5) is 65.2. The zero-order chi connectivity index (χ0) is 25.1. The van der Waals surface area contributed by atoms with Crippen molar-refractivity contribution in [2.75, 3.05) is 0 Å². The molecule has 1 heterocycles. The number of carboxylic acid groups (broad SMARTS) is 1. The molecule has 6 N–H and O–H groups in total. The number of primary amides is 1. The number of hydrogen-bond acceptors (Lipinski definition) is 6. The van der Waals surface area contributed by atoms with Crippen molar-refractivity contribution in [2.45, 2.75) is 65.1 Å². The minimum Gasteiger partial charge on any atom is -0.465 e. The predicted molar refractivity (Wildman–Crippen MR) is 120 cm³/mol. The van der Waals surface area contributed by atoms with E-state index in [2.05, 4.69) is 20.9 Å². The number of nitrogens with zero attached hydrogens (tertiary/aromatic N) is 1. The third-order valence-corrected chi connectivity index (χ3v) is 5.15. The van der Waals surface area contributed by atoms with E-state index >= 15 is 0 Å². The third kappa shape index (κ3) is 9.26. The molecule has 0 aliphatic carbocycles. The lowest BCUT2D eigenvalue weighted by Gasteiger charge is -2.26. The topological polar surface area (TPSA) is 181 Å². The highest BCUT2D eigenvalue weighted by Crippen LogP contribution is 2.12. The number of hydrogen-bond donors (Lipinski definition) is 5. The van der Waals surface area contributed by atoms with Gasteiger partial charge in [-0.05, 0) is 29.9 Å². The van der Waals surface area contributed by atoms with Crippen molar-refractivity contribution in [1.82, 2.24) is 20.9 Å². The lowest BCUT2D eigenvalue weighted by Crippen LogP contribution is -2.57. The monoisotopic (exact) mass is 463 g/mol. The van der Waals surface area contributed by atoms with Gasteiger partial charge in [0.25, 0.3) is 5.91 Å². The van der Waals surface area contributed by atoms with Gasteiger partial charge in [-0.3, -0.25) is 24.2 Å². The van der Waals surface area contributed by atoms with E-state index in [0.717, 1.165) is 0 Å². The summed E-state index contributed by atoms with van der Waals surface area (Å²) in [5, 5.41) is 16.0. The summed E-state index contributed by atoms with van der Waals surface area (Å²) in [7, 11) is 0. The van der Waals surface area contributed by atoms with Gasteiger partial charge in [0.05, 0.1) is 6.04 Å². The van der Waals surface area contributed by atoms with Crippen LogP contribution in [0.25, 0.3) is 0 Å². The molecule has 4 atom stereocenters. The van der Waals surface area contributed by atoms with Crippen molar-refractivity contribution in [3.05, 3.63) is 30.1 Å². The molecule has 33 heavy (non-hydrogen) atoms. The van der Waals surface area contributed by atoms with Gasteiger partial charge in [-0.25, -0.2) is 4.79 Å². The van der Waals surface area contributed by atoms with Gasteiger partial charge in [-0.15, -0.1) is 0 Å². The second kappa shape index (κ2) is 13.1. The largest absolute Gasteiger partial charge is 0.465 e. The number of rotatable bonds is 13. The van der Waals surface area contributed by atoms with Gasteiger partial charge in [0.15, 0.2) is 0 Å². The zero-order valence-corrected chi connectivity index (χ0v) is 19.3. The van der Waals surface area contributed by atoms with Crippen molar-refractivity contribution in [3.8, 4) is 0 Å². The fraction of sp³-hybridized carbons (Fsp3) is 0.545. The quantitative estimate of drug-likeness (QED) is 0.262. The normalized spacial score (nSPS) is 14.5. The van der Waals surface area contributed by atoms with Crippen molar-refractivity contribution < 1.29 is 29.1 Å². The molecule has 182 valence electrons. The van der Waals surface area contributed by atoms with Gasteiger partial charge >= 0.3 is 6.09 Å². The van der Waals surface area contributed by atoms with E-state index in [0.29, 0.717) is 12.0 Å². The standard InChI is InChI=1S/C22H33N5O6/c1-5-13(4)17(27-20(30)16(9-12(2)3)26-22(32)33)18(28)21(31)25-15(19(23)29)10-14-7-6-8-24-11-14/h6-8,11-13,15-17,26H,5,9-10H2,1-4H3,(H2,23,29)(H,25,31)(H,27,30)(H,32,33). The second-order valence-electron chi connectivity index (χ2n) is 8.36. The minimum absolute atomic E-state index is 0.00236. The fourth-order valence-electron chi connectivity index (χ4n) is 3.16. The van der Waals surface area contributed by atoms with E-state index < -0.39 is 53.6 Å². The smallest absolute Gasteiger partial charge is 0.405 e. The number of aromatic nitrogens is 1. The van der Waals surface area contributed by atoms with E-state index in [1.807, 2.05) is 13.8 Å². The maximum absolute atomic E-state index is 12.9. The Morgan fingerprint density at radius 3 is 2.21 bits per heavy atom. The average Bonchev–Trinajstić information content (AvgIpc) is 2.75. The number of amides is 4. The van der Waals surface area contributed by atoms with Crippen LogP contribution >= 0.6 is 0 Å². The fourth-order valence-corrected chi connectivity index (χ4v) is 3.16. The lowest BCUT2D eigenvalue weighted by molar-refractivity contribution is -0.142.